The molecule has 0 amide bonds. The standard InChI is InChI=1S/C17H27NO4S/c1-14-4-6-16(7-5-14)12-17(19)8-10-18(11-9-17)13-15(2)22-23(3,20)21/h4-7,15,19H,8-13H2,1-3H3. The Balaban J connectivity index is 1.83. The highest BCUT2D eigenvalue weighted by Crippen LogP contribution is 2.26. The van der Waals surface area contributed by atoms with E-state index in [4.69, 9.17) is 4.18 Å². The zero-order valence-corrected chi connectivity index (χ0v) is 15.0. The van der Waals surface area contributed by atoms with E-state index < -0.39 is 15.7 Å². The van der Waals surface area contributed by atoms with Crippen LogP contribution in [0.5, 0.6) is 0 Å². The van der Waals surface area contributed by atoms with Gasteiger partial charge in [-0.15, -0.1) is 0 Å². The molecule has 6 heteroatoms. The van der Waals surface area contributed by atoms with Crippen LogP contribution in [0.25, 0.3) is 0 Å². The Morgan fingerprint density at radius 2 is 1.83 bits per heavy atom. The van der Waals surface area contributed by atoms with E-state index in [2.05, 4.69) is 36.1 Å². The summed E-state index contributed by atoms with van der Waals surface area (Å²) in [5, 5.41) is 10.8. The van der Waals surface area contributed by atoms with Crippen molar-refractivity contribution < 1.29 is 17.7 Å². The number of rotatable bonds is 6. The van der Waals surface area contributed by atoms with Gasteiger partial charge in [0.1, 0.15) is 0 Å². The second-order valence-corrected chi connectivity index (χ2v) is 8.40. The number of hydrogen-bond donors (Lipinski definition) is 1. The van der Waals surface area contributed by atoms with Crippen molar-refractivity contribution in [2.45, 2.75) is 44.8 Å². The summed E-state index contributed by atoms with van der Waals surface area (Å²) >= 11 is 0. The molecule has 1 aliphatic rings. The molecule has 1 aliphatic heterocycles. The van der Waals surface area contributed by atoms with Crippen LogP contribution in [0.3, 0.4) is 0 Å². The third kappa shape index (κ3) is 6.22. The average Bonchev–Trinajstić information content (AvgIpc) is 2.42. The Labute approximate surface area is 139 Å². The van der Waals surface area contributed by atoms with Crippen molar-refractivity contribution in [3.05, 3.63) is 35.4 Å². The van der Waals surface area contributed by atoms with Crippen molar-refractivity contribution in [1.82, 2.24) is 4.90 Å². The van der Waals surface area contributed by atoms with Crippen LogP contribution < -0.4 is 0 Å². The van der Waals surface area contributed by atoms with E-state index in [0.29, 0.717) is 25.8 Å². The molecule has 1 atom stereocenters. The van der Waals surface area contributed by atoms with Crippen LogP contribution in [0, 0.1) is 6.92 Å². The van der Waals surface area contributed by atoms with E-state index in [1.807, 2.05) is 0 Å². The predicted octanol–water partition coefficient (Wildman–Crippen LogP) is 1.73. The second-order valence-electron chi connectivity index (χ2n) is 6.80. The van der Waals surface area contributed by atoms with Gasteiger partial charge in [-0.2, -0.15) is 8.42 Å². The lowest BCUT2D eigenvalue weighted by Crippen LogP contribution is -2.47. The molecule has 2 rings (SSSR count). The van der Waals surface area contributed by atoms with Gasteiger partial charge >= 0.3 is 0 Å². The summed E-state index contributed by atoms with van der Waals surface area (Å²) < 4.78 is 27.2. The van der Waals surface area contributed by atoms with Gasteiger partial charge in [-0.25, -0.2) is 0 Å². The topological polar surface area (TPSA) is 66.8 Å². The number of nitrogens with zero attached hydrogens (tertiary/aromatic N) is 1. The lowest BCUT2D eigenvalue weighted by molar-refractivity contribution is -0.0263. The van der Waals surface area contributed by atoms with Crippen LogP contribution in [-0.4, -0.2) is 56.0 Å². The van der Waals surface area contributed by atoms with Gasteiger partial charge in [-0.05, 0) is 32.3 Å². The number of likely N-dealkylation sites (tertiary alicyclic amines) is 1. The summed E-state index contributed by atoms with van der Waals surface area (Å²) in [4.78, 5) is 2.15. The first-order valence-corrected chi connectivity index (χ1v) is 9.85. The Bertz CT molecular complexity index is 604. The molecule has 0 aromatic heterocycles. The molecule has 0 saturated carbocycles. The number of aryl methyl sites for hydroxylation is 1. The van der Waals surface area contributed by atoms with E-state index in [1.165, 1.54) is 5.56 Å². The Morgan fingerprint density at radius 1 is 1.26 bits per heavy atom. The molecule has 1 aromatic rings. The van der Waals surface area contributed by atoms with Crippen molar-refractivity contribution in [1.29, 1.82) is 0 Å². The normalized spacial score (nSPS) is 20.3. The van der Waals surface area contributed by atoms with E-state index in [1.54, 1.807) is 6.92 Å². The van der Waals surface area contributed by atoms with Gasteiger partial charge in [0.05, 0.1) is 18.0 Å². The van der Waals surface area contributed by atoms with Crippen LogP contribution >= 0.6 is 0 Å². The highest BCUT2D eigenvalue weighted by Gasteiger charge is 2.33. The first-order chi connectivity index (χ1) is 10.7. The predicted molar refractivity (Wildman–Crippen MR) is 90.9 cm³/mol. The molecule has 0 bridgehead atoms. The minimum atomic E-state index is -3.42. The molecule has 1 aromatic carbocycles. The van der Waals surface area contributed by atoms with Gasteiger partial charge in [0.15, 0.2) is 0 Å². The first-order valence-electron chi connectivity index (χ1n) is 8.04. The fourth-order valence-electron chi connectivity index (χ4n) is 3.11. The smallest absolute Gasteiger partial charge is 0.264 e. The molecule has 1 saturated heterocycles. The number of benzene rings is 1. The third-order valence-electron chi connectivity index (χ3n) is 4.29. The molecular formula is C17H27NO4S. The lowest BCUT2D eigenvalue weighted by atomic mass is 9.85. The largest absolute Gasteiger partial charge is 0.389 e. The first kappa shape index (κ1) is 18.4. The maximum atomic E-state index is 11.1. The van der Waals surface area contributed by atoms with Crippen molar-refractivity contribution >= 4 is 10.1 Å². The minimum Gasteiger partial charge on any atom is -0.389 e. The monoisotopic (exact) mass is 341 g/mol. The molecule has 5 nitrogen and oxygen atoms in total. The maximum Gasteiger partial charge on any atom is 0.264 e. The zero-order valence-electron chi connectivity index (χ0n) is 14.2. The third-order valence-corrected chi connectivity index (χ3v) is 4.97. The summed E-state index contributed by atoms with van der Waals surface area (Å²) in [6.07, 6.45) is 2.74. The summed E-state index contributed by atoms with van der Waals surface area (Å²) in [5.41, 5.74) is 1.70. The molecule has 1 N–H and O–H groups in total. The van der Waals surface area contributed by atoms with Gasteiger partial charge in [-0.1, -0.05) is 29.8 Å². The van der Waals surface area contributed by atoms with E-state index in [0.717, 1.165) is 24.9 Å². The maximum absolute atomic E-state index is 11.1. The van der Waals surface area contributed by atoms with Crippen LogP contribution in [-0.2, 0) is 20.7 Å². The van der Waals surface area contributed by atoms with Crippen LogP contribution in [0.4, 0.5) is 0 Å². The Hall–Kier alpha value is -0.950. The molecule has 0 radical (unpaired) electrons. The molecule has 1 unspecified atom stereocenters. The Kier molecular flexibility index (Phi) is 5.84. The van der Waals surface area contributed by atoms with Crippen molar-refractivity contribution in [2.75, 3.05) is 25.9 Å². The fourth-order valence-corrected chi connectivity index (χ4v) is 3.76. The SMILES string of the molecule is Cc1ccc(CC2(O)CCN(CC(C)OS(C)(=O)=O)CC2)cc1. The van der Waals surface area contributed by atoms with Gasteiger partial charge in [0.25, 0.3) is 10.1 Å². The van der Waals surface area contributed by atoms with Crippen molar-refractivity contribution in [3.63, 3.8) is 0 Å². The molecule has 23 heavy (non-hydrogen) atoms. The summed E-state index contributed by atoms with van der Waals surface area (Å²) in [7, 11) is -3.42. The quantitative estimate of drug-likeness (QED) is 0.798. The molecule has 0 spiro atoms. The number of aliphatic hydroxyl groups is 1. The summed E-state index contributed by atoms with van der Waals surface area (Å²) in [6, 6.07) is 8.28. The fraction of sp³-hybridized carbons (Fsp3) is 0.647. The molecular weight excluding hydrogens is 314 g/mol. The molecule has 0 aliphatic carbocycles. The van der Waals surface area contributed by atoms with E-state index in [-0.39, 0.29) is 6.10 Å². The summed E-state index contributed by atoms with van der Waals surface area (Å²) in [5.74, 6) is 0. The molecule has 1 fully saturated rings. The van der Waals surface area contributed by atoms with Gasteiger partial charge in [0, 0.05) is 26.1 Å². The van der Waals surface area contributed by atoms with E-state index in [9.17, 15) is 13.5 Å². The number of piperidine rings is 1. The average molecular weight is 341 g/mol. The Morgan fingerprint density at radius 3 is 2.35 bits per heavy atom. The highest BCUT2D eigenvalue weighted by molar-refractivity contribution is 7.86. The van der Waals surface area contributed by atoms with Crippen molar-refractivity contribution in [2.24, 2.45) is 0 Å². The van der Waals surface area contributed by atoms with Crippen LogP contribution in [0.2, 0.25) is 0 Å². The lowest BCUT2D eigenvalue weighted by Gasteiger charge is -2.39. The van der Waals surface area contributed by atoms with Gasteiger partial charge < -0.3 is 10.0 Å². The van der Waals surface area contributed by atoms with Crippen molar-refractivity contribution in [3.8, 4) is 0 Å². The molecule has 1 heterocycles. The van der Waals surface area contributed by atoms with Gasteiger partial charge in [-0.3, -0.25) is 4.18 Å². The number of hydrogen-bond acceptors (Lipinski definition) is 5. The highest BCUT2D eigenvalue weighted by atomic mass is 32.2. The minimum absolute atomic E-state index is 0.367. The van der Waals surface area contributed by atoms with Crippen LogP contribution in [0.15, 0.2) is 24.3 Å². The van der Waals surface area contributed by atoms with E-state index >= 15 is 0 Å². The van der Waals surface area contributed by atoms with Gasteiger partial charge in [0.2, 0.25) is 0 Å². The summed E-state index contributed by atoms with van der Waals surface area (Å²) in [6.45, 7) is 5.87. The zero-order chi connectivity index (χ0) is 17.1. The second kappa shape index (κ2) is 7.30. The molecule has 130 valence electrons. The van der Waals surface area contributed by atoms with Crippen LogP contribution in [0.1, 0.15) is 30.9 Å².